The first-order chi connectivity index (χ1) is 10.4. The van der Waals surface area contributed by atoms with Gasteiger partial charge < -0.3 is 14.8 Å². The highest BCUT2D eigenvalue weighted by Gasteiger charge is 2.32. The fourth-order valence-corrected chi connectivity index (χ4v) is 2.21. The van der Waals surface area contributed by atoms with Gasteiger partial charge in [0.1, 0.15) is 11.4 Å². The Morgan fingerprint density at radius 1 is 1.36 bits per heavy atom. The maximum atomic E-state index is 12.4. The largest absolute Gasteiger partial charge is 0.490 e. The summed E-state index contributed by atoms with van der Waals surface area (Å²) in [6, 6.07) is 5.70. The molecule has 0 bridgehead atoms. The third kappa shape index (κ3) is 4.73. The smallest absolute Gasteiger partial charge is 0.256 e. The van der Waals surface area contributed by atoms with E-state index in [0.29, 0.717) is 6.42 Å². The van der Waals surface area contributed by atoms with Crippen LogP contribution < -0.4 is 10.1 Å². The van der Waals surface area contributed by atoms with E-state index in [1.807, 2.05) is 45.9 Å². The van der Waals surface area contributed by atoms with Gasteiger partial charge >= 0.3 is 0 Å². The molecule has 4 nitrogen and oxygen atoms in total. The van der Waals surface area contributed by atoms with E-state index >= 15 is 0 Å². The molecule has 2 atom stereocenters. The second-order valence-electron chi connectivity index (χ2n) is 5.96. The van der Waals surface area contributed by atoms with Gasteiger partial charge in [-0.3, -0.25) is 4.79 Å². The Morgan fingerprint density at radius 3 is 2.55 bits per heavy atom. The van der Waals surface area contributed by atoms with Gasteiger partial charge in [0.2, 0.25) is 0 Å². The number of benzene rings is 1. The number of hydrogen-bond acceptors (Lipinski definition) is 3. The molecule has 1 amide bonds. The van der Waals surface area contributed by atoms with Gasteiger partial charge in [-0.15, -0.1) is 0 Å². The van der Waals surface area contributed by atoms with Gasteiger partial charge in [-0.05, 0) is 57.4 Å². The molecule has 4 heteroatoms. The molecular formula is C18H29NO3. The summed E-state index contributed by atoms with van der Waals surface area (Å²) in [5.41, 5.74) is 0.972. The zero-order valence-corrected chi connectivity index (χ0v) is 14.7. The van der Waals surface area contributed by atoms with Crippen molar-refractivity contribution in [3.63, 3.8) is 0 Å². The van der Waals surface area contributed by atoms with Crippen LogP contribution in [-0.2, 0) is 9.53 Å². The molecule has 1 aromatic carbocycles. The number of hydrogen-bond donors (Lipinski definition) is 1. The van der Waals surface area contributed by atoms with Crippen LogP contribution in [-0.4, -0.2) is 24.7 Å². The number of carbonyl (C=O) groups is 1. The molecule has 0 aromatic heterocycles. The lowest BCUT2D eigenvalue weighted by atomic mass is 9.99. The Balaban J connectivity index is 2.82. The number of aryl methyl sites for hydroxylation is 1. The Labute approximate surface area is 134 Å². The minimum Gasteiger partial charge on any atom is -0.490 e. The van der Waals surface area contributed by atoms with E-state index in [1.165, 1.54) is 0 Å². The van der Waals surface area contributed by atoms with Crippen LogP contribution in [0.25, 0.3) is 0 Å². The quantitative estimate of drug-likeness (QED) is 0.778. The van der Waals surface area contributed by atoms with Crippen molar-refractivity contribution in [2.45, 2.75) is 65.6 Å². The first-order valence-electron chi connectivity index (χ1n) is 8.00. The lowest BCUT2D eigenvalue weighted by molar-refractivity contribution is -0.136. The van der Waals surface area contributed by atoms with Crippen LogP contribution in [0, 0.1) is 6.92 Å². The van der Waals surface area contributed by atoms with E-state index in [4.69, 9.17) is 9.47 Å². The third-order valence-corrected chi connectivity index (χ3v) is 3.99. The van der Waals surface area contributed by atoms with E-state index < -0.39 is 5.60 Å². The molecule has 0 fully saturated rings. The van der Waals surface area contributed by atoms with Gasteiger partial charge in [0, 0.05) is 12.8 Å². The molecule has 1 rings (SSSR count). The summed E-state index contributed by atoms with van der Waals surface area (Å²) < 4.78 is 11.2. The van der Waals surface area contributed by atoms with Crippen molar-refractivity contribution in [3.8, 4) is 5.75 Å². The maximum Gasteiger partial charge on any atom is 0.256 e. The Hall–Kier alpha value is -1.55. The summed E-state index contributed by atoms with van der Waals surface area (Å²) in [7, 11) is 1.57. The fraction of sp³-hybridized carbons (Fsp3) is 0.611. The average molecular weight is 307 g/mol. The number of ether oxygens (including phenoxy) is 2. The molecule has 2 unspecified atom stereocenters. The lowest BCUT2D eigenvalue weighted by Gasteiger charge is -2.26. The molecular weight excluding hydrogens is 278 g/mol. The van der Waals surface area contributed by atoms with Crippen LogP contribution in [0.3, 0.4) is 0 Å². The molecule has 0 saturated heterocycles. The van der Waals surface area contributed by atoms with Gasteiger partial charge in [0.15, 0.2) is 0 Å². The standard InChI is InChI=1S/C18H29NO3/c1-7-11-18(5,21-6)17(20)19-15-9-10-16(13(3)12-15)22-14(4)8-2/h9-10,12,14H,7-8,11H2,1-6H3,(H,19,20). The van der Waals surface area contributed by atoms with Gasteiger partial charge in [0.25, 0.3) is 5.91 Å². The second-order valence-corrected chi connectivity index (χ2v) is 5.96. The number of anilines is 1. The molecule has 0 heterocycles. The predicted octanol–water partition coefficient (Wildman–Crippen LogP) is 4.32. The molecule has 0 aliphatic carbocycles. The van der Waals surface area contributed by atoms with Crippen molar-refractivity contribution < 1.29 is 14.3 Å². The van der Waals surface area contributed by atoms with Crippen LogP contribution >= 0.6 is 0 Å². The van der Waals surface area contributed by atoms with Crippen molar-refractivity contribution in [2.75, 3.05) is 12.4 Å². The van der Waals surface area contributed by atoms with Crippen LogP contribution in [0.2, 0.25) is 0 Å². The van der Waals surface area contributed by atoms with Crippen molar-refractivity contribution in [1.82, 2.24) is 0 Å². The van der Waals surface area contributed by atoms with Crippen molar-refractivity contribution in [3.05, 3.63) is 23.8 Å². The summed E-state index contributed by atoms with van der Waals surface area (Å²) in [5.74, 6) is 0.738. The van der Waals surface area contributed by atoms with E-state index in [2.05, 4.69) is 12.2 Å². The molecule has 0 spiro atoms. The number of carbonyl (C=O) groups excluding carboxylic acids is 1. The molecule has 0 aliphatic heterocycles. The summed E-state index contributed by atoms with van der Waals surface area (Å²) in [4.78, 5) is 12.4. The van der Waals surface area contributed by atoms with Gasteiger partial charge in [-0.1, -0.05) is 20.3 Å². The zero-order valence-electron chi connectivity index (χ0n) is 14.7. The van der Waals surface area contributed by atoms with Crippen LogP contribution in [0.4, 0.5) is 5.69 Å². The molecule has 1 N–H and O–H groups in total. The fourth-order valence-electron chi connectivity index (χ4n) is 2.21. The van der Waals surface area contributed by atoms with Gasteiger partial charge in [0.05, 0.1) is 6.10 Å². The summed E-state index contributed by atoms with van der Waals surface area (Å²) in [6.45, 7) is 9.97. The summed E-state index contributed by atoms with van der Waals surface area (Å²) in [6.07, 6.45) is 2.71. The maximum absolute atomic E-state index is 12.4. The van der Waals surface area contributed by atoms with Crippen LogP contribution in [0.1, 0.15) is 52.5 Å². The van der Waals surface area contributed by atoms with Crippen molar-refractivity contribution >= 4 is 11.6 Å². The zero-order chi connectivity index (χ0) is 16.8. The number of amides is 1. The summed E-state index contributed by atoms with van der Waals surface area (Å²) >= 11 is 0. The van der Waals surface area contributed by atoms with E-state index in [1.54, 1.807) is 7.11 Å². The van der Waals surface area contributed by atoms with Crippen LogP contribution in [0.5, 0.6) is 5.75 Å². The van der Waals surface area contributed by atoms with Crippen molar-refractivity contribution in [2.24, 2.45) is 0 Å². The normalized spacial score (nSPS) is 15.0. The molecule has 0 saturated carbocycles. The van der Waals surface area contributed by atoms with E-state index in [-0.39, 0.29) is 12.0 Å². The number of methoxy groups -OCH3 is 1. The van der Waals surface area contributed by atoms with E-state index in [0.717, 1.165) is 29.8 Å². The van der Waals surface area contributed by atoms with Gasteiger partial charge in [-0.25, -0.2) is 0 Å². The number of rotatable bonds is 8. The highest BCUT2D eigenvalue weighted by atomic mass is 16.5. The monoisotopic (exact) mass is 307 g/mol. The van der Waals surface area contributed by atoms with Gasteiger partial charge in [-0.2, -0.15) is 0 Å². The molecule has 0 aliphatic rings. The van der Waals surface area contributed by atoms with Crippen molar-refractivity contribution in [1.29, 1.82) is 0 Å². The average Bonchev–Trinajstić information content (AvgIpc) is 2.49. The summed E-state index contributed by atoms with van der Waals surface area (Å²) in [5, 5.41) is 2.93. The molecule has 22 heavy (non-hydrogen) atoms. The molecule has 124 valence electrons. The SMILES string of the molecule is CCCC(C)(OC)C(=O)Nc1ccc(OC(C)CC)c(C)c1. The predicted molar refractivity (Wildman–Crippen MR) is 90.5 cm³/mol. The molecule has 1 aromatic rings. The number of nitrogens with one attached hydrogen (secondary N) is 1. The Morgan fingerprint density at radius 2 is 2.05 bits per heavy atom. The topological polar surface area (TPSA) is 47.6 Å². The highest BCUT2D eigenvalue weighted by Crippen LogP contribution is 2.25. The first-order valence-corrected chi connectivity index (χ1v) is 8.00. The Kier molecular flexibility index (Phi) is 6.88. The lowest BCUT2D eigenvalue weighted by Crippen LogP contribution is -2.41. The van der Waals surface area contributed by atoms with E-state index in [9.17, 15) is 4.79 Å². The van der Waals surface area contributed by atoms with Crippen LogP contribution in [0.15, 0.2) is 18.2 Å². The minimum absolute atomic E-state index is 0.119. The second kappa shape index (κ2) is 8.18. The minimum atomic E-state index is -0.797. The first kappa shape index (κ1) is 18.5. The molecule has 0 radical (unpaired) electrons. The Bertz CT molecular complexity index is 501. The highest BCUT2D eigenvalue weighted by molar-refractivity contribution is 5.97. The third-order valence-electron chi connectivity index (χ3n) is 3.99.